The van der Waals surface area contributed by atoms with Crippen LogP contribution in [0.25, 0.3) is 27.7 Å². The zero-order chi connectivity index (χ0) is 14.2. The summed E-state index contributed by atoms with van der Waals surface area (Å²) >= 11 is 0. The number of hydrogen-bond acceptors (Lipinski definition) is 4. The summed E-state index contributed by atoms with van der Waals surface area (Å²) in [5.74, 6) is 0.749. The van der Waals surface area contributed by atoms with E-state index in [0.717, 1.165) is 33.4 Å². The Morgan fingerprint density at radius 2 is 2.00 bits per heavy atom. The third-order valence-electron chi connectivity index (χ3n) is 3.48. The minimum absolute atomic E-state index is 0.749. The Bertz CT molecular complexity index is 945. The van der Waals surface area contributed by atoms with Crippen LogP contribution in [0, 0.1) is 0 Å². The Morgan fingerprint density at radius 1 is 1.10 bits per heavy atom. The van der Waals surface area contributed by atoms with Gasteiger partial charge in [0.2, 0.25) is 0 Å². The lowest BCUT2D eigenvalue weighted by atomic mass is 10.1. The Kier molecular flexibility index (Phi) is 2.57. The number of benzene rings is 1. The van der Waals surface area contributed by atoms with Gasteiger partial charge in [-0.1, -0.05) is 6.07 Å². The molecule has 3 heterocycles. The van der Waals surface area contributed by atoms with E-state index in [4.69, 9.17) is 4.74 Å². The van der Waals surface area contributed by atoms with Gasteiger partial charge in [0.1, 0.15) is 11.3 Å². The van der Waals surface area contributed by atoms with Crippen LogP contribution in [-0.2, 0) is 0 Å². The molecule has 4 aromatic rings. The summed E-state index contributed by atoms with van der Waals surface area (Å²) in [6, 6.07) is 9.85. The molecule has 5 nitrogen and oxygen atoms in total. The Hall–Kier alpha value is -2.95. The van der Waals surface area contributed by atoms with Gasteiger partial charge >= 0.3 is 0 Å². The van der Waals surface area contributed by atoms with Crippen LogP contribution in [0.3, 0.4) is 0 Å². The molecule has 1 aromatic carbocycles. The highest BCUT2D eigenvalue weighted by Crippen LogP contribution is 2.32. The molecule has 0 fully saturated rings. The highest BCUT2D eigenvalue weighted by molar-refractivity contribution is 5.91. The van der Waals surface area contributed by atoms with Crippen molar-refractivity contribution in [2.24, 2.45) is 0 Å². The van der Waals surface area contributed by atoms with E-state index in [-0.39, 0.29) is 0 Å². The Labute approximate surface area is 120 Å². The highest BCUT2D eigenvalue weighted by Gasteiger charge is 2.11. The van der Waals surface area contributed by atoms with E-state index in [1.165, 1.54) is 0 Å². The second-order valence-corrected chi connectivity index (χ2v) is 4.70. The van der Waals surface area contributed by atoms with Gasteiger partial charge in [-0.05, 0) is 29.8 Å². The summed E-state index contributed by atoms with van der Waals surface area (Å²) in [5, 5.41) is 5.36. The van der Waals surface area contributed by atoms with Crippen LogP contribution in [0.1, 0.15) is 0 Å². The summed E-state index contributed by atoms with van der Waals surface area (Å²) in [5.41, 5.74) is 3.66. The fourth-order valence-electron chi connectivity index (χ4n) is 2.50. The quantitative estimate of drug-likeness (QED) is 0.565. The van der Waals surface area contributed by atoms with Gasteiger partial charge < -0.3 is 4.74 Å². The molecule has 0 N–H and O–H groups in total. The van der Waals surface area contributed by atoms with Gasteiger partial charge in [0.15, 0.2) is 5.65 Å². The van der Waals surface area contributed by atoms with Gasteiger partial charge in [0.05, 0.1) is 13.3 Å². The van der Waals surface area contributed by atoms with E-state index in [1.54, 1.807) is 24.0 Å². The molecule has 0 atom stereocenters. The largest absolute Gasteiger partial charge is 0.494 e. The van der Waals surface area contributed by atoms with Gasteiger partial charge in [-0.25, -0.2) is 9.50 Å². The van der Waals surface area contributed by atoms with Gasteiger partial charge in [0.25, 0.3) is 0 Å². The fraction of sp³-hybridized carbons (Fsp3) is 0.0625. The zero-order valence-electron chi connectivity index (χ0n) is 11.4. The summed E-state index contributed by atoms with van der Waals surface area (Å²) in [7, 11) is 1.65. The average Bonchev–Trinajstić information content (AvgIpc) is 2.98. The number of hydrogen-bond donors (Lipinski definition) is 0. The van der Waals surface area contributed by atoms with Crippen molar-refractivity contribution in [2.75, 3.05) is 7.11 Å². The summed E-state index contributed by atoms with van der Waals surface area (Å²) in [4.78, 5) is 8.77. The minimum Gasteiger partial charge on any atom is -0.494 e. The van der Waals surface area contributed by atoms with Crippen molar-refractivity contribution >= 4 is 16.6 Å². The third-order valence-corrected chi connectivity index (χ3v) is 3.48. The first kappa shape index (κ1) is 11.8. The summed E-state index contributed by atoms with van der Waals surface area (Å²) in [6.45, 7) is 0. The normalized spacial score (nSPS) is 11.1. The van der Waals surface area contributed by atoms with Crippen molar-refractivity contribution in [1.29, 1.82) is 0 Å². The molecule has 0 unspecified atom stereocenters. The predicted octanol–water partition coefficient (Wildman–Crippen LogP) is 2.95. The molecule has 4 rings (SSSR count). The zero-order valence-corrected chi connectivity index (χ0v) is 11.4. The Balaban J connectivity index is 2.02. The topological polar surface area (TPSA) is 52.3 Å². The maximum Gasteiger partial charge on any atom is 0.162 e. The lowest BCUT2D eigenvalue weighted by molar-refractivity contribution is 0.419. The van der Waals surface area contributed by atoms with Crippen LogP contribution in [0.2, 0.25) is 0 Å². The summed E-state index contributed by atoms with van der Waals surface area (Å²) in [6.07, 6.45) is 7.23. The highest BCUT2D eigenvalue weighted by atomic mass is 16.5. The van der Waals surface area contributed by atoms with Crippen molar-refractivity contribution in [3.05, 3.63) is 55.1 Å². The van der Waals surface area contributed by atoms with Crippen molar-refractivity contribution < 1.29 is 4.74 Å². The van der Waals surface area contributed by atoms with Gasteiger partial charge in [-0.2, -0.15) is 5.10 Å². The van der Waals surface area contributed by atoms with Gasteiger partial charge in [0, 0.05) is 29.5 Å². The smallest absolute Gasteiger partial charge is 0.162 e. The van der Waals surface area contributed by atoms with E-state index in [9.17, 15) is 0 Å². The molecule has 3 aromatic heterocycles. The van der Waals surface area contributed by atoms with E-state index in [2.05, 4.69) is 21.1 Å². The predicted molar refractivity (Wildman–Crippen MR) is 80.3 cm³/mol. The number of aromatic nitrogens is 4. The molecule has 0 aliphatic heterocycles. The molecular weight excluding hydrogens is 264 g/mol. The van der Waals surface area contributed by atoms with Crippen LogP contribution in [-0.4, -0.2) is 26.7 Å². The number of fused-ring (bicyclic) bond motifs is 2. The van der Waals surface area contributed by atoms with Crippen LogP contribution >= 0.6 is 0 Å². The molecule has 0 saturated carbocycles. The van der Waals surface area contributed by atoms with Crippen molar-refractivity contribution in [2.45, 2.75) is 0 Å². The van der Waals surface area contributed by atoms with Crippen LogP contribution in [0.5, 0.6) is 5.75 Å². The first-order valence-corrected chi connectivity index (χ1v) is 6.58. The number of ether oxygens (including phenoxy) is 1. The maximum atomic E-state index is 5.47. The molecule has 0 amide bonds. The molecule has 5 heteroatoms. The molecule has 0 spiro atoms. The minimum atomic E-state index is 0.749. The second-order valence-electron chi connectivity index (χ2n) is 4.70. The van der Waals surface area contributed by atoms with Crippen molar-refractivity contribution in [3.63, 3.8) is 0 Å². The molecular formula is C16H12N4O. The first-order valence-electron chi connectivity index (χ1n) is 6.58. The molecule has 102 valence electrons. The lowest BCUT2D eigenvalue weighted by Gasteiger charge is -2.07. The van der Waals surface area contributed by atoms with Crippen LogP contribution in [0.15, 0.2) is 55.1 Å². The van der Waals surface area contributed by atoms with E-state index in [1.807, 2.05) is 36.7 Å². The number of pyridine rings is 1. The molecule has 0 aliphatic rings. The Morgan fingerprint density at radius 3 is 2.90 bits per heavy atom. The monoisotopic (exact) mass is 276 g/mol. The number of rotatable bonds is 2. The van der Waals surface area contributed by atoms with Crippen molar-refractivity contribution in [1.82, 2.24) is 19.6 Å². The molecule has 0 aliphatic carbocycles. The van der Waals surface area contributed by atoms with Crippen LogP contribution in [0.4, 0.5) is 0 Å². The number of methoxy groups -OCH3 is 1. The lowest BCUT2D eigenvalue weighted by Crippen LogP contribution is -1.90. The standard InChI is InChI=1S/C16H12N4O/c1-21-14-9-12(8-11-4-2-5-17-15(11)14)13-10-19-20-7-3-6-18-16(13)20/h2-10H,1H3. The second kappa shape index (κ2) is 4.56. The maximum absolute atomic E-state index is 5.47. The summed E-state index contributed by atoms with van der Waals surface area (Å²) < 4.78 is 7.23. The molecule has 0 bridgehead atoms. The van der Waals surface area contributed by atoms with Gasteiger partial charge in [-0.3, -0.25) is 4.98 Å². The van der Waals surface area contributed by atoms with E-state index >= 15 is 0 Å². The molecule has 21 heavy (non-hydrogen) atoms. The molecule has 0 saturated heterocycles. The average molecular weight is 276 g/mol. The third kappa shape index (κ3) is 1.82. The van der Waals surface area contributed by atoms with Crippen LogP contribution < -0.4 is 4.74 Å². The SMILES string of the molecule is COc1cc(-c2cnn3cccnc23)cc2cccnc12. The van der Waals surface area contributed by atoms with E-state index < -0.39 is 0 Å². The number of nitrogens with zero attached hydrogens (tertiary/aromatic N) is 4. The van der Waals surface area contributed by atoms with Gasteiger partial charge in [-0.15, -0.1) is 0 Å². The van der Waals surface area contributed by atoms with E-state index in [0.29, 0.717) is 0 Å². The van der Waals surface area contributed by atoms with Crippen molar-refractivity contribution in [3.8, 4) is 16.9 Å². The fourth-order valence-corrected chi connectivity index (χ4v) is 2.50. The first-order chi connectivity index (χ1) is 10.4. The molecule has 0 radical (unpaired) electrons.